The minimum absolute atomic E-state index is 0.304. The summed E-state index contributed by atoms with van der Waals surface area (Å²) in [4.78, 5) is 2.56. The Hall–Kier alpha value is -1.35. The summed E-state index contributed by atoms with van der Waals surface area (Å²) in [6, 6.07) is 15.5. The second-order valence-electron chi connectivity index (χ2n) is 6.16. The Bertz CT molecular complexity index is 610. The van der Waals surface area contributed by atoms with E-state index < -0.39 is 0 Å². The van der Waals surface area contributed by atoms with Gasteiger partial charge in [0.15, 0.2) is 0 Å². The third kappa shape index (κ3) is 3.52. The first-order chi connectivity index (χ1) is 10.6. The molecule has 1 unspecified atom stereocenters. The monoisotopic (exact) mass is 314 g/mol. The average Bonchev–Trinajstić information content (AvgIpc) is 2.50. The Morgan fingerprint density at radius 1 is 0.909 bits per heavy atom. The summed E-state index contributed by atoms with van der Waals surface area (Å²) in [5, 5.41) is 4.24. The Kier molecular flexibility index (Phi) is 4.82. The van der Waals surface area contributed by atoms with Crippen molar-refractivity contribution in [3.8, 4) is 0 Å². The third-order valence-electron chi connectivity index (χ3n) is 4.26. The molecule has 1 atom stereocenters. The first-order valence-corrected chi connectivity index (χ1v) is 8.30. The summed E-state index contributed by atoms with van der Waals surface area (Å²) in [5.41, 5.74) is 5.34. The summed E-state index contributed by atoms with van der Waals surface area (Å²) in [5.74, 6) is 0. The van der Waals surface area contributed by atoms with Crippen LogP contribution < -0.4 is 5.32 Å². The second kappa shape index (κ2) is 6.82. The lowest BCUT2D eigenvalue weighted by Crippen LogP contribution is -2.45. The van der Waals surface area contributed by atoms with Crippen LogP contribution in [-0.4, -0.2) is 31.1 Å². The van der Waals surface area contributed by atoms with E-state index >= 15 is 0 Å². The van der Waals surface area contributed by atoms with Crippen molar-refractivity contribution >= 4 is 11.6 Å². The first-order valence-electron chi connectivity index (χ1n) is 7.92. The minimum atomic E-state index is 0.304. The predicted molar refractivity (Wildman–Crippen MR) is 93.7 cm³/mol. The van der Waals surface area contributed by atoms with Gasteiger partial charge in [-0.1, -0.05) is 53.1 Å². The van der Waals surface area contributed by atoms with Crippen molar-refractivity contribution in [2.45, 2.75) is 19.9 Å². The fourth-order valence-electron chi connectivity index (χ4n) is 3.37. The van der Waals surface area contributed by atoms with Gasteiger partial charge in [-0.05, 0) is 37.1 Å². The topological polar surface area (TPSA) is 15.3 Å². The standard InChI is InChI=1S/C19H23ClN2/c1-14-11-15(2)13-17(12-14)19(22-9-7-21-8-10-22)16-3-5-18(20)6-4-16/h3-6,11-13,19,21H,7-10H2,1-2H3. The van der Waals surface area contributed by atoms with Crippen LogP contribution in [0.15, 0.2) is 42.5 Å². The molecule has 0 bridgehead atoms. The molecular weight excluding hydrogens is 292 g/mol. The molecule has 0 aromatic heterocycles. The highest BCUT2D eigenvalue weighted by molar-refractivity contribution is 6.30. The Morgan fingerprint density at radius 3 is 2.09 bits per heavy atom. The van der Waals surface area contributed by atoms with Crippen LogP contribution in [0.5, 0.6) is 0 Å². The van der Waals surface area contributed by atoms with Gasteiger partial charge in [0.2, 0.25) is 0 Å². The molecule has 1 heterocycles. The number of halogens is 1. The van der Waals surface area contributed by atoms with Crippen molar-refractivity contribution < 1.29 is 0 Å². The van der Waals surface area contributed by atoms with Gasteiger partial charge in [0.05, 0.1) is 6.04 Å². The average molecular weight is 315 g/mol. The molecule has 0 aliphatic carbocycles. The van der Waals surface area contributed by atoms with Crippen LogP contribution in [0.2, 0.25) is 5.02 Å². The van der Waals surface area contributed by atoms with E-state index in [9.17, 15) is 0 Å². The molecule has 1 N–H and O–H groups in total. The molecule has 0 amide bonds. The van der Waals surface area contributed by atoms with Gasteiger partial charge in [0.1, 0.15) is 0 Å². The number of hydrogen-bond acceptors (Lipinski definition) is 2. The fourth-order valence-corrected chi connectivity index (χ4v) is 3.49. The zero-order chi connectivity index (χ0) is 15.5. The smallest absolute Gasteiger partial charge is 0.0602 e. The highest BCUT2D eigenvalue weighted by Gasteiger charge is 2.24. The molecule has 0 saturated carbocycles. The third-order valence-corrected chi connectivity index (χ3v) is 4.51. The van der Waals surface area contributed by atoms with Crippen LogP contribution in [0, 0.1) is 13.8 Å². The van der Waals surface area contributed by atoms with Crippen molar-refractivity contribution in [1.82, 2.24) is 10.2 Å². The molecule has 22 heavy (non-hydrogen) atoms. The quantitative estimate of drug-likeness (QED) is 0.922. The fraction of sp³-hybridized carbons (Fsp3) is 0.368. The molecule has 2 aromatic carbocycles. The Morgan fingerprint density at radius 2 is 1.50 bits per heavy atom. The van der Waals surface area contributed by atoms with E-state index in [1.54, 1.807) is 0 Å². The van der Waals surface area contributed by atoms with Crippen LogP contribution in [0.4, 0.5) is 0 Å². The van der Waals surface area contributed by atoms with E-state index in [1.807, 2.05) is 12.1 Å². The highest BCUT2D eigenvalue weighted by Crippen LogP contribution is 2.31. The van der Waals surface area contributed by atoms with Crippen LogP contribution in [-0.2, 0) is 0 Å². The number of nitrogens with zero attached hydrogens (tertiary/aromatic N) is 1. The van der Waals surface area contributed by atoms with E-state index in [1.165, 1.54) is 22.3 Å². The molecule has 3 heteroatoms. The number of benzene rings is 2. The molecule has 1 fully saturated rings. The SMILES string of the molecule is Cc1cc(C)cc(C(c2ccc(Cl)cc2)N2CCNCC2)c1. The Labute approximate surface area is 138 Å². The predicted octanol–water partition coefficient (Wildman–Crippen LogP) is 3.95. The van der Waals surface area contributed by atoms with E-state index in [4.69, 9.17) is 11.6 Å². The molecule has 1 aliphatic rings. The van der Waals surface area contributed by atoms with Crippen LogP contribution in [0.3, 0.4) is 0 Å². The van der Waals surface area contributed by atoms with Gasteiger partial charge >= 0.3 is 0 Å². The molecule has 0 spiro atoms. The normalized spacial score (nSPS) is 17.4. The maximum absolute atomic E-state index is 6.07. The summed E-state index contributed by atoms with van der Waals surface area (Å²) >= 11 is 6.07. The van der Waals surface area contributed by atoms with E-state index in [0.717, 1.165) is 31.2 Å². The number of piperazine rings is 1. The van der Waals surface area contributed by atoms with Crippen LogP contribution in [0.25, 0.3) is 0 Å². The van der Waals surface area contributed by atoms with Gasteiger partial charge < -0.3 is 5.32 Å². The lowest BCUT2D eigenvalue weighted by atomic mass is 9.94. The summed E-state index contributed by atoms with van der Waals surface area (Å²) in [6.07, 6.45) is 0. The molecule has 0 radical (unpaired) electrons. The van der Waals surface area contributed by atoms with Gasteiger partial charge in [-0.3, -0.25) is 4.90 Å². The summed E-state index contributed by atoms with van der Waals surface area (Å²) in [7, 11) is 0. The zero-order valence-corrected chi connectivity index (χ0v) is 14.0. The molecule has 116 valence electrons. The molecule has 1 saturated heterocycles. The van der Waals surface area contributed by atoms with Gasteiger partial charge in [-0.15, -0.1) is 0 Å². The lowest BCUT2D eigenvalue weighted by molar-refractivity contribution is 0.198. The van der Waals surface area contributed by atoms with Gasteiger partial charge in [0, 0.05) is 31.2 Å². The van der Waals surface area contributed by atoms with Crippen LogP contribution >= 0.6 is 11.6 Å². The molecule has 3 rings (SSSR count). The van der Waals surface area contributed by atoms with Gasteiger partial charge in [0.25, 0.3) is 0 Å². The van der Waals surface area contributed by atoms with Crippen molar-refractivity contribution in [3.05, 3.63) is 69.7 Å². The minimum Gasteiger partial charge on any atom is -0.314 e. The van der Waals surface area contributed by atoms with Gasteiger partial charge in [-0.25, -0.2) is 0 Å². The van der Waals surface area contributed by atoms with Crippen molar-refractivity contribution in [3.63, 3.8) is 0 Å². The van der Waals surface area contributed by atoms with Crippen molar-refractivity contribution in [2.75, 3.05) is 26.2 Å². The molecule has 2 nitrogen and oxygen atoms in total. The number of nitrogens with one attached hydrogen (secondary N) is 1. The van der Waals surface area contributed by atoms with E-state index in [0.29, 0.717) is 6.04 Å². The number of aryl methyl sites for hydroxylation is 2. The van der Waals surface area contributed by atoms with E-state index in [-0.39, 0.29) is 0 Å². The molecular formula is C19H23ClN2. The second-order valence-corrected chi connectivity index (χ2v) is 6.60. The van der Waals surface area contributed by atoms with Gasteiger partial charge in [-0.2, -0.15) is 0 Å². The zero-order valence-electron chi connectivity index (χ0n) is 13.3. The number of rotatable bonds is 3. The summed E-state index contributed by atoms with van der Waals surface area (Å²) in [6.45, 7) is 8.59. The van der Waals surface area contributed by atoms with Crippen molar-refractivity contribution in [2.24, 2.45) is 0 Å². The van der Waals surface area contributed by atoms with E-state index in [2.05, 4.69) is 54.4 Å². The largest absolute Gasteiger partial charge is 0.314 e. The maximum Gasteiger partial charge on any atom is 0.0602 e. The first kappa shape index (κ1) is 15.5. The molecule has 2 aromatic rings. The summed E-state index contributed by atoms with van der Waals surface area (Å²) < 4.78 is 0. The lowest BCUT2D eigenvalue weighted by Gasteiger charge is -2.36. The van der Waals surface area contributed by atoms with Crippen LogP contribution in [0.1, 0.15) is 28.3 Å². The highest BCUT2D eigenvalue weighted by atomic mass is 35.5. The maximum atomic E-state index is 6.07. The number of hydrogen-bond donors (Lipinski definition) is 1. The van der Waals surface area contributed by atoms with Crippen molar-refractivity contribution in [1.29, 1.82) is 0 Å². The molecule has 1 aliphatic heterocycles. The Balaban J connectivity index is 2.03.